The maximum Gasteiger partial charge on any atom is 0.416 e. The van der Waals surface area contributed by atoms with Crippen LogP contribution in [-0.2, 0) is 12.7 Å². The minimum absolute atomic E-state index is 0.167. The lowest BCUT2D eigenvalue weighted by Gasteiger charge is -2.24. The Kier molecular flexibility index (Phi) is 4.90. The van der Waals surface area contributed by atoms with Gasteiger partial charge < -0.3 is 9.64 Å². The van der Waals surface area contributed by atoms with Gasteiger partial charge in [0.1, 0.15) is 0 Å². The van der Waals surface area contributed by atoms with Gasteiger partial charge in [-0.15, -0.1) is 0 Å². The molecule has 1 heterocycles. The van der Waals surface area contributed by atoms with Crippen molar-refractivity contribution >= 4 is 5.69 Å². The van der Waals surface area contributed by atoms with Gasteiger partial charge in [0, 0.05) is 19.2 Å². The molecule has 0 aliphatic carbocycles. The molecule has 0 N–H and O–H groups in total. The van der Waals surface area contributed by atoms with Crippen LogP contribution in [0.1, 0.15) is 18.1 Å². The van der Waals surface area contributed by atoms with Gasteiger partial charge in [0.15, 0.2) is 0 Å². The van der Waals surface area contributed by atoms with Crippen LogP contribution in [0.2, 0.25) is 0 Å². The molecule has 0 spiro atoms. The number of hydrogen-bond acceptors (Lipinski definition) is 3. The number of nitrogens with zero attached hydrogens (tertiary/aromatic N) is 2. The Bertz CT molecular complexity index is 612. The lowest BCUT2D eigenvalue weighted by molar-refractivity contribution is -0.138. The fraction of sp³-hybridized carbons (Fsp3) is 0.312. The van der Waals surface area contributed by atoms with Crippen molar-refractivity contribution < 1.29 is 17.9 Å². The second-order valence-electron chi connectivity index (χ2n) is 4.73. The molecular weight excluding hydrogens is 293 g/mol. The third-order valence-corrected chi connectivity index (χ3v) is 3.36. The van der Waals surface area contributed by atoms with Crippen molar-refractivity contribution in [1.82, 2.24) is 4.98 Å². The van der Waals surface area contributed by atoms with Gasteiger partial charge in [-0.3, -0.25) is 0 Å². The van der Waals surface area contributed by atoms with E-state index in [4.69, 9.17) is 4.74 Å². The Balaban J connectivity index is 2.27. The third-order valence-electron chi connectivity index (χ3n) is 3.36. The van der Waals surface area contributed by atoms with E-state index in [1.807, 2.05) is 11.8 Å². The average molecular weight is 310 g/mol. The Hall–Kier alpha value is -2.24. The van der Waals surface area contributed by atoms with Crippen molar-refractivity contribution in [1.29, 1.82) is 0 Å². The van der Waals surface area contributed by atoms with Gasteiger partial charge >= 0.3 is 6.18 Å². The molecule has 0 unspecified atom stereocenters. The highest BCUT2D eigenvalue weighted by molar-refractivity contribution is 5.47. The van der Waals surface area contributed by atoms with Crippen LogP contribution in [0.25, 0.3) is 0 Å². The van der Waals surface area contributed by atoms with Crippen molar-refractivity contribution in [3.8, 4) is 5.88 Å². The van der Waals surface area contributed by atoms with Crippen LogP contribution >= 0.6 is 0 Å². The zero-order valence-corrected chi connectivity index (χ0v) is 12.4. The molecule has 3 nitrogen and oxygen atoms in total. The number of alkyl halides is 3. The summed E-state index contributed by atoms with van der Waals surface area (Å²) in [6, 6.07) is 9.10. The van der Waals surface area contributed by atoms with E-state index in [9.17, 15) is 13.2 Å². The Labute approximate surface area is 127 Å². The summed E-state index contributed by atoms with van der Waals surface area (Å²) in [6.07, 6.45) is -2.76. The first-order valence-corrected chi connectivity index (χ1v) is 6.85. The van der Waals surface area contributed by atoms with Crippen LogP contribution in [0.5, 0.6) is 5.88 Å². The maximum atomic E-state index is 13.1. The summed E-state index contributed by atoms with van der Waals surface area (Å²) in [4.78, 5) is 5.92. The first-order valence-electron chi connectivity index (χ1n) is 6.85. The molecule has 0 amide bonds. The molecule has 1 aromatic carbocycles. The van der Waals surface area contributed by atoms with Gasteiger partial charge in [-0.1, -0.05) is 18.2 Å². The van der Waals surface area contributed by atoms with Crippen LogP contribution in [0, 0.1) is 0 Å². The van der Waals surface area contributed by atoms with E-state index in [-0.39, 0.29) is 12.1 Å². The minimum Gasteiger partial charge on any atom is -0.481 e. The smallest absolute Gasteiger partial charge is 0.416 e. The van der Waals surface area contributed by atoms with Crippen molar-refractivity contribution in [2.45, 2.75) is 19.6 Å². The molecule has 2 aromatic rings. The Morgan fingerprint density at radius 1 is 1.14 bits per heavy atom. The van der Waals surface area contributed by atoms with Crippen LogP contribution in [-0.4, -0.2) is 18.6 Å². The molecule has 22 heavy (non-hydrogen) atoms. The van der Waals surface area contributed by atoms with Crippen LogP contribution in [0.15, 0.2) is 42.6 Å². The first kappa shape index (κ1) is 16.1. The number of halogens is 3. The van der Waals surface area contributed by atoms with Gasteiger partial charge in [0.25, 0.3) is 0 Å². The number of benzene rings is 1. The third kappa shape index (κ3) is 3.69. The Morgan fingerprint density at radius 2 is 1.86 bits per heavy atom. The first-order chi connectivity index (χ1) is 10.5. The minimum atomic E-state index is -4.35. The fourth-order valence-electron chi connectivity index (χ4n) is 2.21. The SMILES string of the molecule is CCN(Cc1ccccc1C(F)(F)F)c1ccc(OC)nc1. The zero-order chi connectivity index (χ0) is 16.2. The van der Waals surface area contributed by atoms with Gasteiger partial charge in [-0.2, -0.15) is 13.2 Å². The second kappa shape index (κ2) is 6.68. The van der Waals surface area contributed by atoms with Gasteiger partial charge in [-0.25, -0.2) is 4.98 Å². The standard InChI is InChI=1S/C16H17F3N2O/c1-3-21(13-8-9-15(22-2)20-10-13)11-12-6-4-5-7-14(12)16(17,18)19/h4-10H,3,11H2,1-2H3. The largest absolute Gasteiger partial charge is 0.481 e. The molecule has 0 radical (unpaired) electrons. The quantitative estimate of drug-likeness (QED) is 0.830. The molecule has 2 rings (SSSR count). The molecule has 0 fully saturated rings. The van der Waals surface area contributed by atoms with Crippen molar-refractivity contribution in [3.63, 3.8) is 0 Å². The predicted octanol–water partition coefficient (Wildman–Crippen LogP) is 4.14. The number of hydrogen-bond donors (Lipinski definition) is 0. The number of pyridine rings is 1. The van der Waals surface area contributed by atoms with Crippen LogP contribution < -0.4 is 9.64 Å². The summed E-state index contributed by atoms with van der Waals surface area (Å²) in [7, 11) is 1.51. The lowest BCUT2D eigenvalue weighted by atomic mass is 10.1. The highest BCUT2D eigenvalue weighted by atomic mass is 19.4. The van der Waals surface area contributed by atoms with E-state index in [0.29, 0.717) is 12.4 Å². The van der Waals surface area contributed by atoms with Gasteiger partial charge in [-0.05, 0) is 24.6 Å². The molecule has 0 saturated heterocycles. The maximum absolute atomic E-state index is 13.1. The molecule has 0 atom stereocenters. The van der Waals surface area contributed by atoms with Gasteiger partial charge in [0.05, 0.1) is 24.6 Å². The summed E-state index contributed by atoms with van der Waals surface area (Å²) < 4.78 is 44.2. The predicted molar refractivity (Wildman–Crippen MR) is 79.0 cm³/mol. The second-order valence-corrected chi connectivity index (χ2v) is 4.73. The van der Waals surface area contributed by atoms with E-state index in [2.05, 4.69) is 4.98 Å². The lowest BCUT2D eigenvalue weighted by Crippen LogP contribution is -2.24. The number of ether oxygens (including phenoxy) is 1. The number of rotatable bonds is 5. The fourth-order valence-corrected chi connectivity index (χ4v) is 2.21. The van der Waals surface area contributed by atoms with E-state index in [1.54, 1.807) is 24.4 Å². The van der Waals surface area contributed by atoms with E-state index >= 15 is 0 Å². The zero-order valence-electron chi connectivity index (χ0n) is 12.4. The van der Waals surface area contributed by atoms with Gasteiger partial charge in [0.2, 0.25) is 5.88 Å². The molecule has 0 bridgehead atoms. The van der Waals surface area contributed by atoms with Crippen molar-refractivity contribution in [3.05, 3.63) is 53.7 Å². The van der Waals surface area contributed by atoms with Crippen molar-refractivity contribution in [2.75, 3.05) is 18.6 Å². The molecule has 118 valence electrons. The van der Waals surface area contributed by atoms with Crippen LogP contribution in [0.3, 0.4) is 0 Å². The molecular formula is C16H17F3N2O. The normalized spacial score (nSPS) is 11.3. The average Bonchev–Trinajstić information content (AvgIpc) is 2.52. The highest BCUT2D eigenvalue weighted by Crippen LogP contribution is 2.33. The monoisotopic (exact) mass is 310 g/mol. The number of anilines is 1. The summed E-state index contributed by atoms with van der Waals surface area (Å²) in [5, 5.41) is 0. The summed E-state index contributed by atoms with van der Waals surface area (Å²) in [6.45, 7) is 2.63. The van der Waals surface area contributed by atoms with E-state index < -0.39 is 11.7 Å². The molecule has 0 aliphatic rings. The Morgan fingerprint density at radius 3 is 2.41 bits per heavy atom. The number of methoxy groups -OCH3 is 1. The summed E-state index contributed by atoms with van der Waals surface area (Å²) >= 11 is 0. The topological polar surface area (TPSA) is 25.4 Å². The summed E-state index contributed by atoms with van der Waals surface area (Å²) in [5.41, 5.74) is 0.392. The molecule has 0 aliphatic heterocycles. The van der Waals surface area contributed by atoms with E-state index in [0.717, 1.165) is 11.8 Å². The van der Waals surface area contributed by atoms with Crippen molar-refractivity contribution in [2.24, 2.45) is 0 Å². The van der Waals surface area contributed by atoms with Crippen LogP contribution in [0.4, 0.5) is 18.9 Å². The van der Waals surface area contributed by atoms with E-state index in [1.165, 1.54) is 19.2 Å². The molecule has 0 saturated carbocycles. The molecule has 6 heteroatoms. The highest BCUT2D eigenvalue weighted by Gasteiger charge is 2.33. The number of aromatic nitrogens is 1. The summed E-state index contributed by atoms with van der Waals surface area (Å²) in [5.74, 6) is 0.468. The molecule has 1 aromatic heterocycles.